The third-order valence-corrected chi connectivity index (χ3v) is 4.85. The Morgan fingerprint density at radius 3 is 2.63 bits per heavy atom. The van der Waals surface area contributed by atoms with Crippen LogP contribution in [0.15, 0.2) is 23.2 Å². The highest BCUT2D eigenvalue weighted by atomic mass is 32.2. The predicted molar refractivity (Wildman–Crippen MR) is 75.5 cm³/mol. The number of hydrogen-bond donors (Lipinski definition) is 2. The molecule has 0 radical (unpaired) electrons. The van der Waals surface area contributed by atoms with Crippen LogP contribution in [0.5, 0.6) is 0 Å². The Kier molecular flexibility index (Phi) is 4.76. The summed E-state index contributed by atoms with van der Waals surface area (Å²) in [6, 6.07) is 3.27. The van der Waals surface area contributed by atoms with Crippen LogP contribution in [0.2, 0.25) is 0 Å². The Morgan fingerprint density at radius 2 is 2.05 bits per heavy atom. The van der Waals surface area contributed by atoms with Crippen LogP contribution in [0.4, 0.5) is 5.82 Å². The van der Waals surface area contributed by atoms with Crippen LogP contribution >= 0.6 is 0 Å². The average Bonchev–Trinajstić information content (AvgIpc) is 2.91. The molecule has 0 amide bonds. The molecular weight excluding hydrogens is 262 g/mol. The molecular formula is C13H21N3O2S. The van der Waals surface area contributed by atoms with Crippen molar-refractivity contribution in [2.24, 2.45) is 5.92 Å². The van der Waals surface area contributed by atoms with Crippen molar-refractivity contribution in [1.29, 1.82) is 0 Å². The van der Waals surface area contributed by atoms with Crippen molar-refractivity contribution in [3.05, 3.63) is 18.3 Å². The molecule has 0 saturated heterocycles. The van der Waals surface area contributed by atoms with Gasteiger partial charge in [0.1, 0.15) is 10.7 Å². The maximum atomic E-state index is 12.1. The Labute approximate surface area is 114 Å². The lowest BCUT2D eigenvalue weighted by atomic mass is 10.1. The molecule has 1 heterocycles. The van der Waals surface area contributed by atoms with Gasteiger partial charge in [-0.25, -0.2) is 18.1 Å². The highest BCUT2D eigenvalue weighted by Gasteiger charge is 2.19. The fourth-order valence-electron chi connectivity index (χ4n) is 2.35. The van der Waals surface area contributed by atoms with Gasteiger partial charge < -0.3 is 5.32 Å². The van der Waals surface area contributed by atoms with Gasteiger partial charge in [-0.15, -0.1) is 0 Å². The van der Waals surface area contributed by atoms with Crippen LogP contribution in [0.1, 0.15) is 32.6 Å². The second-order valence-corrected chi connectivity index (χ2v) is 6.68. The first-order valence-electron chi connectivity index (χ1n) is 6.81. The van der Waals surface area contributed by atoms with E-state index in [1.165, 1.54) is 19.0 Å². The van der Waals surface area contributed by atoms with Crippen LogP contribution in [-0.2, 0) is 10.0 Å². The lowest BCUT2D eigenvalue weighted by Gasteiger charge is -2.11. The topological polar surface area (TPSA) is 71.1 Å². The van der Waals surface area contributed by atoms with E-state index < -0.39 is 10.0 Å². The second-order valence-electron chi connectivity index (χ2n) is 4.91. The van der Waals surface area contributed by atoms with Crippen LogP contribution in [0.3, 0.4) is 0 Å². The first-order valence-corrected chi connectivity index (χ1v) is 8.29. The summed E-state index contributed by atoms with van der Waals surface area (Å²) in [7, 11) is -3.42. The normalized spacial score (nSPS) is 16.7. The summed E-state index contributed by atoms with van der Waals surface area (Å²) in [5.74, 6) is 1.18. The zero-order valence-corrected chi connectivity index (χ0v) is 12.0. The maximum absolute atomic E-state index is 12.1. The summed E-state index contributed by atoms with van der Waals surface area (Å²) in [6.45, 7) is 3.27. The molecule has 1 aromatic heterocycles. The van der Waals surface area contributed by atoms with Gasteiger partial charge in [-0.2, -0.15) is 0 Å². The standard InChI is InChI=1S/C13H21N3O2S/c1-2-14-13-8-7-12(10-15-13)19(17,18)16-9-11-5-3-4-6-11/h7-8,10-11,16H,2-6,9H2,1H3,(H,14,15). The van der Waals surface area contributed by atoms with Crippen molar-refractivity contribution in [1.82, 2.24) is 9.71 Å². The van der Waals surface area contributed by atoms with Gasteiger partial charge in [0, 0.05) is 19.3 Å². The van der Waals surface area contributed by atoms with Crippen molar-refractivity contribution in [2.45, 2.75) is 37.5 Å². The molecule has 1 aliphatic rings. The highest BCUT2D eigenvalue weighted by Crippen LogP contribution is 2.24. The zero-order valence-electron chi connectivity index (χ0n) is 11.2. The minimum atomic E-state index is -3.42. The van der Waals surface area contributed by atoms with E-state index in [-0.39, 0.29) is 4.90 Å². The molecule has 6 heteroatoms. The van der Waals surface area contributed by atoms with Gasteiger partial charge in [-0.3, -0.25) is 0 Å². The SMILES string of the molecule is CCNc1ccc(S(=O)(=O)NCC2CCCC2)cn1. The number of sulfonamides is 1. The molecule has 1 saturated carbocycles. The van der Waals surface area contributed by atoms with Crippen molar-refractivity contribution in [3.63, 3.8) is 0 Å². The number of hydrogen-bond acceptors (Lipinski definition) is 4. The summed E-state index contributed by atoms with van der Waals surface area (Å²) in [4.78, 5) is 4.31. The van der Waals surface area contributed by atoms with E-state index in [4.69, 9.17) is 0 Å². The van der Waals surface area contributed by atoms with Crippen LogP contribution < -0.4 is 10.0 Å². The highest BCUT2D eigenvalue weighted by molar-refractivity contribution is 7.89. The minimum absolute atomic E-state index is 0.229. The van der Waals surface area contributed by atoms with Gasteiger partial charge in [0.05, 0.1) is 0 Å². The fourth-order valence-corrected chi connectivity index (χ4v) is 3.41. The van der Waals surface area contributed by atoms with Gasteiger partial charge in [-0.1, -0.05) is 12.8 Å². The number of pyridine rings is 1. The van der Waals surface area contributed by atoms with E-state index in [9.17, 15) is 8.42 Å². The molecule has 2 N–H and O–H groups in total. The Bertz CT molecular complexity index is 493. The Morgan fingerprint density at radius 1 is 1.32 bits per heavy atom. The van der Waals surface area contributed by atoms with E-state index in [0.717, 1.165) is 19.4 Å². The quantitative estimate of drug-likeness (QED) is 0.837. The second kappa shape index (κ2) is 6.34. The molecule has 1 fully saturated rings. The summed E-state index contributed by atoms with van der Waals surface area (Å²) < 4.78 is 26.9. The van der Waals surface area contributed by atoms with Gasteiger partial charge in [0.25, 0.3) is 0 Å². The first kappa shape index (κ1) is 14.3. The lowest BCUT2D eigenvalue weighted by molar-refractivity contribution is 0.519. The number of nitrogens with zero attached hydrogens (tertiary/aromatic N) is 1. The number of aromatic nitrogens is 1. The fraction of sp³-hybridized carbons (Fsp3) is 0.615. The molecule has 0 bridgehead atoms. The van der Waals surface area contributed by atoms with Gasteiger partial charge in [0.15, 0.2) is 0 Å². The van der Waals surface area contributed by atoms with Crippen LogP contribution in [0, 0.1) is 5.92 Å². The van der Waals surface area contributed by atoms with Gasteiger partial charge >= 0.3 is 0 Å². The number of anilines is 1. The first-order chi connectivity index (χ1) is 9.12. The third kappa shape index (κ3) is 3.91. The Balaban J connectivity index is 1.97. The molecule has 19 heavy (non-hydrogen) atoms. The molecule has 0 aromatic carbocycles. The average molecular weight is 283 g/mol. The van der Waals surface area contributed by atoms with E-state index in [1.54, 1.807) is 12.1 Å². The summed E-state index contributed by atoms with van der Waals surface area (Å²) in [6.07, 6.45) is 6.08. The van der Waals surface area contributed by atoms with E-state index in [0.29, 0.717) is 18.3 Å². The van der Waals surface area contributed by atoms with Crippen molar-refractivity contribution >= 4 is 15.8 Å². The molecule has 1 aliphatic carbocycles. The van der Waals surface area contributed by atoms with Gasteiger partial charge in [0.2, 0.25) is 10.0 Å². The molecule has 0 aliphatic heterocycles. The summed E-state index contributed by atoms with van der Waals surface area (Å²) >= 11 is 0. The van der Waals surface area contributed by atoms with Crippen LogP contribution in [-0.4, -0.2) is 26.5 Å². The maximum Gasteiger partial charge on any atom is 0.242 e. The molecule has 0 unspecified atom stereocenters. The molecule has 106 valence electrons. The summed E-state index contributed by atoms with van der Waals surface area (Å²) in [5, 5.41) is 3.04. The Hall–Kier alpha value is -1.14. The molecule has 5 nitrogen and oxygen atoms in total. The van der Waals surface area contributed by atoms with E-state index in [2.05, 4.69) is 15.0 Å². The number of nitrogens with one attached hydrogen (secondary N) is 2. The summed E-state index contributed by atoms with van der Waals surface area (Å²) in [5.41, 5.74) is 0. The zero-order chi connectivity index (χ0) is 13.7. The van der Waals surface area contributed by atoms with Crippen molar-refractivity contribution in [2.75, 3.05) is 18.4 Å². The van der Waals surface area contributed by atoms with E-state index in [1.807, 2.05) is 6.92 Å². The third-order valence-electron chi connectivity index (χ3n) is 3.44. The molecule has 1 aromatic rings. The van der Waals surface area contributed by atoms with Crippen molar-refractivity contribution in [3.8, 4) is 0 Å². The molecule has 2 rings (SSSR count). The largest absolute Gasteiger partial charge is 0.370 e. The minimum Gasteiger partial charge on any atom is -0.370 e. The van der Waals surface area contributed by atoms with Crippen LogP contribution in [0.25, 0.3) is 0 Å². The monoisotopic (exact) mass is 283 g/mol. The lowest BCUT2D eigenvalue weighted by Crippen LogP contribution is -2.28. The predicted octanol–water partition coefficient (Wildman–Crippen LogP) is 1.98. The molecule has 0 atom stereocenters. The smallest absolute Gasteiger partial charge is 0.242 e. The van der Waals surface area contributed by atoms with Crippen molar-refractivity contribution < 1.29 is 8.42 Å². The van der Waals surface area contributed by atoms with Gasteiger partial charge in [-0.05, 0) is 37.8 Å². The molecule has 0 spiro atoms. The van der Waals surface area contributed by atoms with E-state index >= 15 is 0 Å². The number of rotatable bonds is 6.